The smallest absolute Gasteiger partial charge is 0.408 e. The molecule has 0 bridgehead atoms. The summed E-state index contributed by atoms with van der Waals surface area (Å²) in [5.41, 5.74) is 1.92. The van der Waals surface area contributed by atoms with Gasteiger partial charge in [0.25, 0.3) is 0 Å². The van der Waals surface area contributed by atoms with Gasteiger partial charge in [0.15, 0.2) is 6.10 Å². The van der Waals surface area contributed by atoms with Crippen molar-refractivity contribution in [3.63, 3.8) is 0 Å². The van der Waals surface area contributed by atoms with Crippen molar-refractivity contribution < 1.29 is 33.7 Å². The quantitative estimate of drug-likeness (QED) is 0.291. The number of ether oxygens (including phenoxy) is 3. The molecule has 2 aromatic carbocycles. The van der Waals surface area contributed by atoms with Crippen molar-refractivity contribution in [2.24, 2.45) is 0 Å². The van der Waals surface area contributed by atoms with Crippen LogP contribution in [0.3, 0.4) is 0 Å². The van der Waals surface area contributed by atoms with Gasteiger partial charge in [-0.2, -0.15) is 0 Å². The monoisotopic (exact) mass is 495 g/mol. The molecule has 0 unspecified atom stereocenters. The molecule has 2 aromatic rings. The zero-order valence-electron chi connectivity index (χ0n) is 20.4. The second-order valence-corrected chi connectivity index (χ2v) is 8.66. The number of aliphatic hydroxyl groups is 1. The fraction of sp³-hybridized carbons (Fsp3) is 0.393. The molecule has 0 aliphatic heterocycles. The fourth-order valence-electron chi connectivity index (χ4n) is 4.19. The maximum absolute atomic E-state index is 12.6. The third-order valence-corrected chi connectivity index (χ3v) is 6.10. The van der Waals surface area contributed by atoms with E-state index in [0.29, 0.717) is 0 Å². The number of carbonyl (C=O) groups is 3. The number of aliphatic hydroxyl groups excluding tert-OH is 1. The van der Waals surface area contributed by atoms with E-state index in [2.05, 4.69) is 5.32 Å². The third-order valence-electron chi connectivity index (χ3n) is 6.10. The van der Waals surface area contributed by atoms with Gasteiger partial charge in [0.2, 0.25) is 0 Å². The second-order valence-electron chi connectivity index (χ2n) is 8.66. The van der Waals surface area contributed by atoms with Gasteiger partial charge in [0.1, 0.15) is 18.8 Å². The molecule has 8 heteroatoms. The Bertz CT molecular complexity index is 1010. The minimum Gasteiger partial charge on any atom is -0.467 e. The highest BCUT2D eigenvalue weighted by atomic mass is 16.6. The minimum absolute atomic E-state index is 0.0416. The van der Waals surface area contributed by atoms with E-state index < -0.39 is 30.2 Å². The van der Waals surface area contributed by atoms with Crippen LogP contribution in [0, 0.1) is 0 Å². The van der Waals surface area contributed by atoms with E-state index in [0.717, 1.165) is 36.8 Å². The molecular formula is C28H33NO7. The standard InChI is InChI=1S/C28H33NO7/c1-34-26(31)23(29-28(33)35-19-20-11-4-2-5-12-20)16-10-17-24(30)27(32)36-25-18-9-8-15-22(25)21-13-6-3-7-14-21/h2-7,10-14,16,22-25,30H,8-9,15,17-19H2,1H3,(H,29,33)/b16-10+/t22-,23-,24-,25+/m0/s1. The van der Waals surface area contributed by atoms with Gasteiger partial charge in [-0.05, 0) is 30.4 Å². The van der Waals surface area contributed by atoms with Gasteiger partial charge in [-0.1, -0.05) is 79.2 Å². The Morgan fingerprint density at radius 1 is 1.00 bits per heavy atom. The molecule has 2 N–H and O–H groups in total. The first-order chi connectivity index (χ1) is 17.5. The maximum Gasteiger partial charge on any atom is 0.408 e. The van der Waals surface area contributed by atoms with Crippen molar-refractivity contribution in [3.8, 4) is 0 Å². The van der Waals surface area contributed by atoms with Crippen molar-refractivity contribution in [2.45, 2.75) is 62.9 Å². The molecule has 0 spiro atoms. The highest BCUT2D eigenvalue weighted by molar-refractivity contribution is 5.83. The zero-order valence-corrected chi connectivity index (χ0v) is 20.4. The van der Waals surface area contributed by atoms with Gasteiger partial charge >= 0.3 is 18.0 Å². The molecule has 3 rings (SSSR count). The van der Waals surface area contributed by atoms with Crippen LogP contribution in [0.2, 0.25) is 0 Å². The Labute approximate surface area is 211 Å². The van der Waals surface area contributed by atoms with Gasteiger partial charge in [-0.15, -0.1) is 0 Å². The molecule has 0 saturated heterocycles. The van der Waals surface area contributed by atoms with Crippen LogP contribution in [0.1, 0.15) is 49.1 Å². The number of hydrogen-bond donors (Lipinski definition) is 2. The number of alkyl carbamates (subject to hydrolysis) is 1. The van der Waals surface area contributed by atoms with E-state index >= 15 is 0 Å². The molecule has 1 saturated carbocycles. The number of benzene rings is 2. The Hall–Kier alpha value is -3.65. The zero-order chi connectivity index (χ0) is 25.8. The molecule has 4 atom stereocenters. The third kappa shape index (κ3) is 8.23. The first-order valence-corrected chi connectivity index (χ1v) is 12.1. The number of amides is 1. The van der Waals surface area contributed by atoms with Gasteiger partial charge in [0.05, 0.1) is 7.11 Å². The average molecular weight is 496 g/mol. The van der Waals surface area contributed by atoms with Crippen LogP contribution in [0.5, 0.6) is 0 Å². The highest BCUT2D eigenvalue weighted by Crippen LogP contribution is 2.35. The van der Waals surface area contributed by atoms with Crippen LogP contribution < -0.4 is 5.32 Å². The Kier molecular flexibility index (Phi) is 10.5. The lowest BCUT2D eigenvalue weighted by atomic mass is 9.81. The fourth-order valence-corrected chi connectivity index (χ4v) is 4.19. The van der Waals surface area contributed by atoms with Crippen LogP contribution in [-0.4, -0.2) is 48.5 Å². The van der Waals surface area contributed by atoms with E-state index in [1.165, 1.54) is 19.3 Å². The summed E-state index contributed by atoms with van der Waals surface area (Å²) < 4.78 is 15.5. The second kappa shape index (κ2) is 14.0. The van der Waals surface area contributed by atoms with Crippen molar-refractivity contribution in [1.29, 1.82) is 0 Å². The molecule has 1 aliphatic rings. The first kappa shape index (κ1) is 26.9. The molecular weight excluding hydrogens is 462 g/mol. The van der Waals surface area contributed by atoms with Crippen LogP contribution in [0.15, 0.2) is 72.8 Å². The van der Waals surface area contributed by atoms with Crippen LogP contribution in [-0.2, 0) is 30.4 Å². The maximum atomic E-state index is 12.6. The Morgan fingerprint density at radius 3 is 2.36 bits per heavy atom. The summed E-state index contributed by atoms with van der Waals surface area (Å²) in [4.78, 5) is 36.8. The van der Waals surface area contributed by atoms with Gasteiger partial charge in [0, 0.05) is 12.3 Å². The number of methoxy groups -OCH3 is 1. The molecule has 0 heterocycles. The Morgan fingerprint density at radius 2 is 1.67 bits per heavy atom. The first-order valence-electron chi connectivity index (χ1n) is 12.1. The van der Waals surface area contributed by atoms with Crippen LogP contribution in [0.4, 0.5) is 4.79 Å². The number of rotatable bonds is 10. The molecule has 1 amide bonds. The summed E-state index contributed by atoms with van der Waals surface area (Å²) in [5, 5.41) is 12.8. The largest absolute Gasteiger partial charge is 0.467 e. The van der Waals surface area contributed by atoms with Crippen molar-refractivity contribution in [3.05, 3.63) is 83.9 Å². The summed E-state index contributed by atoms with van der Waals surface area (Å²) in [6, 6.07) is 17.9. The number of carbonyl (C=O) groups excluding carboxylic acids is 3. The summed E-state index contributed by atoms with van der Waals surface area (Å²) >= 11 is 0. The summed E-state index contributed by atoms with van der Waals surface area (Å²) in [7, 11) is 1.19. The SMILES string of the molecule is COC(=O)[C@H](/C=C/C[C@H](O)C(=O)O[C@@H]1CCCC[C@H]1c1ccccc1)NC(=O)OCc1ccccc1. The predicted molar refractivity (Wildman–Crippen MR) is 133 cm³/mol. The van der Waals surface area contributed by atoms with Gasteiger partial charge in [-0.3, -0.25) is 0 Å². The molecule has 1 fully saturated rings. The normalized spacial score (nSPS) is 19.2. The van der Waals surface area contributed by atoms with Crippen molar-refractivity contribution in [2.75, 3.05) is 7.11 Å². The molecule has 8 nitrogen and oxygen atoms in total. The summed E-state index contributed by atoms with van der Waals surface area (Å²) in [6.45, 7) is 0.0416. The number of esters is 2. The molecule has 192 valence electrons. The summed E-state index contributed by atoms with van der Waals surface area (Å²) in [5.74, 6) is -1.33. The van der Waals surface area contributed by atoms with E-state index in [4.69, 9.17) is 14.2 Å². The number of nitrogens with one attached hydrogen (secondary N) is 1. The van der Waals surface area contributed by atoms with Crippen LogP contribution >= 0.6 is 0 Å². The lowest BCUT2D eigenvalue weighted by molar-refractivity contribution is -0.161. The van der Waals surface area contributed by atoms with Crippen LogP contribution in [0.25, 0.3) is 0 Å². The van der Waals surface area contributed by atoms with E-state index in [1.54, 1.807) is 12.1 Å². The molecule has 0 radical (unpaired) electrons. The molecule has 0 aromatic heterocycles. The topological polar surface area (TPSA) is 111 Å². The van der Waals surface area contributed by atoms with E-state index in [1.807, 2.05) is 48.5 Å². The lowest BCUT2D eigenvalue weighted by Gasteiger charge is -2.32. The minimum atomic E-state index is -1.40. The number of hydrogen-bond acceptors (Lipinski definition) is 7. The Balaban J connectivity index is 1.51. The average Bonchev–Trinajstić information content (AvgIpc) is 2.92. The van der Waals surface area contributed by atoms with E-state index in [9.17, 15) is 19.5 Å². The van der Waals surface area contributed by atoms with Gasteiger partial charge in [-0.25, -0.2) is 14.4 Å². The van der Waals surface area contributed by atoms with Crippen molar-refractivity contribution in [1.82, 2.24) is 5.32 Å². The van der Waals surface area contributed by atoms with E-state index in [-0.39, 0.29) is 25.0 Å². The molecule has 1 aliphatic carbocycles. The summed E-state index contributed by atoms with van der Waals surface area (Å²) in [6.07, 6.45) is 3.88. The van der Waals surface area contributed by atoms with Gasteiger partial charge < -0.3 is 24.6 Å². The predicted octanol–water partition coefficient (Wildman–Crippen LogP) is 4.03. The van der Waals surface area contributed by atoms with Crippen molar-refractivity contribution >= 4 is 18.0 Å². The highest BCUT2D eigenvalue weighted by Gasteiger charge is 2.31. The lowest BCUT2D eigenvalue weighted by Crippen LogP contribution is -2.40. The molecule has 36 heavy (non-hydrogen) atoms.